The van der Waals surface area contributed by atoms with Crippen molar-refractivity contribution in [3.8, 4) is 11.5 Å². The Balaban J connectivity index is 1.65. The van der Waals surface area contributed by atoms with Crippen LogP contribution in [0, 0.1) is 28.2 Å². The third-order valence-corrected chi connectivity index (χ3v) is 9.96. The highest BCUT2D eigenvalue weighted by atomic mass is 127. The Hall–Kier alpha value is -2.65. The number of methoxy groups -OCH3 is 1. The van der Waals surface area contributed by atoms with Gasteiger partial charge in [-0.2, -0.15) is 0 Å². The molecule has 2 aromatic rings. The number of benzene rings is 2. The van der Waals surface area contributed by atoms with Crippen LogP contribution in [0.1, 0.15) is 88.5 Å². The highest BCUT2D eigenvalue weighted by Crippen LogP contribution is 2.55. The molecular weight excluding hydrogens is 665 g/mol. The first kappa shape index (κ1) is 32.7. The van der Waals surface area contributed by atoms with Gasteiger partial charge in [0.1, 0.15) is 6.61 Å². The second-order valence-electron chi connectivity index (χ2n) is 14.2. The molecule has 236 valence electrons. The van der Waals surface area contributed by atoms with Crippen LogP contribution in [0.15, 0.2) is 52.9 Å². The Morgan fingerprint density at radius 1 is 0.864 bits per heavy atom. The molecule has 0 atom stereocenters. The minimum Gasteiger partial charge on any atom is -0.490 e. The van der Waals surface area contributed by atoms with Gasteiger partial charge in [0.05, 0.1) is 16.8 Å². The summed E-state index contributed by atoms with van der Waals surface area (Å²) in [4.78, 5) is 30.5. The summed E-state index contributed by atoms with van der Waals surface area (Å²) in [6.07, 6.45) is 2.45. The van der Waals surface area contributed by atoms with Crippen LogP contribution in [0.2, 0.25) is 0 Å². The molecule has 0 fully saturated rings. The maximum absolute atomic E-state index is 14.1. The van der Waals surface area contributed by atoms with Crippen molar-refractivity contribution in [3.05, 3.63) is 78.7 Å². The molecule has 0 N–H and O–H groups in total. The number of aryl methyl sites for hydroxylation is 2. The number of nitrogens with zero attached hydrogens (tertiary/aromatic N) is 1. The topological polar surface area (TPSA) is 65.1 Å². The number of ether oxygens (including phenoxy) is 3. The number of Topliss-reactive ketones (excluding diaryl/α,β-unsaturated/α-hetero) is 2. The van der Waals surface area contributed by atoms with E-state index in [1.165, 1.54) is 11.1 Å². The molecule has 3 aliphatic rings. The smallest absolute Gasteiger partial charge is 0.174 e. The molecule has 1 heterocycles. The van der Waals surface area contributed by atoms with Gasteiger partial charge in [-0.1, -0.05) is 45.9 Å². The first-order valence-corrected chi connectivity index (χ1v) is 16.8. The fourth-order valence-corrected chi connectivity index (χ4v) is 7.82. The van der Waals surface area contributed by atoms with E-state index in [2.05, 4.69) is 93.3 Å². The van der Waals surface area contributed by atoms with Gasteiger partial charge in [0, 0.05) is 55.0 Å². The van der Waals surface area contributed by atoms with Gasteiger partial charge in [0.15, 0.2) is 23.1 Å². The van der Waals surface area contributed by atoms with Gasteiger partial charge in [0.25, 0.3) is 0 Å². The average Bonchev–Trinajstić information content (AvgIpc) is 2.91. The van der Waals surface area contributed by atoms with Crippen molar-refractivity contribution < 1.29 is 23.8 Å². The van der Waals surface area contributed by atoms with Crippen LogP contribution in [-0.2, 0) is 20.9 Å². The zero-order valence-corrected chi connectivity index (χ0v) is 29.6. The summed E-state index contributed by atoms with van der Waals surface area (Å²) in [7, 11) is 1.70. The van der Waals surface area contributed by atoms with Crippen molar-refractivity contribution in [2.45, 2.75) is 86.7 Å². The quantitative estimate of drug-likeness (QED) is 0.245. The van der Waals surface area contributed by atoms with Crippen LogP contribution in [0.5, 0.6) is 11.5 Å². The number of hydrogen-bond acceptors (Lipinski definition) is 6. The van der Waals surface area contributed by atoms with Crippen molar-refractivity contribution in [3.63, 3.8) is 0 Å². The number of carbonyl (C=O) groups is 2. The minimum atomic E-state index is -0.437. The molecule has 0 unspecified atom stereocenters. The van der Waals surface area contributed by atoms with Crippen LogP contribution < -0.4 is 9.47 Å². The van der Waals surface area contributed by atoms with Crippen LogP contribution >= 0.6 is 22.6 Å². The van der Waals surface area contributed by atoms with Gasteiger partial charge in [-0.15, -0.1) is 0 Å². The molecule has 0 amide bonds. The van der Waals surface area contributed by atoms with Gasteiger partial charge in [0.2, 0.25) is 0 Å². The molecule has 0 saturated heterocycles. The second kappa shape index (κ2) is 12.6. The molecule has 7 heteroatoms. The van der Waals surface area contributed by atoms with Gasteiger partial charge < -0.3 is 19.1 Å². The Morgan fingerprint density at radius 3 is 2.02 bits per heavy atom. The second-order valence-corrected chi connectivity index (χ2v) is 15.3. The molecule has 44 heavy (non-hydrogen) atoms. The molecule has 0 saturated carbocycles. The molecule has 2 aromatic carbocycles. The molecule has 0 radical (unpaired) electrons. The van der Waals surface area contributed by atoms with Crippen molar-refractivity contribution in [2.24, 2.45) is 10.8 Å². The number of hydrogen-bond donors (Lipinski definition) is 0. The lowest BCUT2D eigenvalue weighted by molar-refractivity contribution is -0.119. The van der Waals surface area contributed by atoms with Gasteiger partial charge in [-0.3, -0.25) is 9.59 Å². The fraction of sp³-hybridized carbons (Fsp3) is 0.514. The maximum Gasteiger partial charge on any atom is 0.174 e. The summed E-state index contributed by atoms with van der Waals surface area (Å²) >= 11 is 2.31. The van der Waals surface area contributed by atoms with E-state index in [4.69, 9.17) is 14.2 Å². The average molecular weight is 712 g/mol. The number of ketones is 2. The summed E-state index contributed by atoms with van der Waals surface area (Å²) in [5.74, 6) is 1.12. The fourth-order valence-electron chi connectivity index (χ4n) is 7.04. The van der Waals surface area contributed by atoms with E-state index in [-0.39, 0.29) is 22.4 Å². The SMILES string of the molecule is CCOc1cc(C2C3=C(CC(C)(C)CC3=O)N(CCOC)C3=C2C(=O)CC(C)(C)C3)cc(I)c1OCc1ccc(C)c(C)c1. The predicted molar refractivity (Wildman–Crippen MR) is 182 cm³/mol. The van der Waals surface area contributed by atoms with Crippen LogP contribution in [0.25, 0.3) is 0 Å². The lowest BCUT2D eigenvalue weighted by Gasteiger charge is -2.49. The first-order valence-electron chi connectivity index (χ1n) is 15.7. The Kier molecular flexibility index (Phi) is 9.39. The van der Waals surface area contributed by atoms with E-state index in [1.807, 2.05) is 13.0 Å². The zero-order valence-electron chi connectivity index (χ0n) is 27.5. The third-order valence-electron chi connectivity index (χ3n) is 9.16. The molecule has 0 spiro atoms. The minimum absolute atomic E-state index is 0.121. The van der Waals surface area contributed by atoms with E-state index in [0.29, 0.717) is 50.7 Å². The summed E-state index contributed by atoms with van der Waals surface area (Å²) in [5, 5.41) is 0. The van der Waals surface area contributed by atoms with Gasteiger partial charge in [-0.25, -0.2) is 0 Å². The van der Waals surface area contributed by atoms with Gasteiger partial charge in [-0.05, 0) is 101 Å². The molecule has 6 nitrogen and oxygen atoms in total. The van der Waals surface area contributed by atoms with E-state index in [0.717, 1.165) is 50.1 Å². The van der Waals surface area contributed by atoms with Gasteiger partial charge >= 0.3 is 0 Å². The van der Waals surface area contributed by atoms with Crippen LogP contribution in [0.3, 0.4) is 0 Å². The zero-order chi connectivity index (χ0) is 32.0. The summed E-state index contributed by atoms with van der Waals surface area (Å²) < 4.78 is 19.0. The number of carbonyl (C=O) groups excluding carboxylic acids is 2. The van der Waals surface area contributed by atoms with Crippen molar-refractivity contribution >= 4 is 34.2 Å². The molecule has 1 aliphatic heterocycles. The monoisotopic (exact) mass is 711 g/mol. The lowest BCUT2D eigenvalue weighted by Crippen LogP contribution is -2.45. The largest absolute Gasteiger partial charge is 0.490 e. The molecule has 0 bridgehead atoms. The van der Waals surface area contributed by atoms with Crippen molar-refractivity contribution in [2.75, 3.05) is 26.9 Å². The predicted octanol–water partition coefficient (Wildman–Crippen LogP) is 8.22. The third kappa shape index (κ3) is 6.50. The number of halogens is 1. The molecule has 2 aliphatic carbocycles. The summed E-state index contributed by atoms with van der Waals surface area (Å²) in [6.45, 7) is 16.8. The van der Waals surface area contributed by atoms with E-state index in [9.17, 15) is 9.59 Å². The highest BCUT2D eigenvalue weighted by molar-refractivity contribution is 14.1. The Bertz CT molecular complexity index is 1500. The van der Waals surface area contributed by atoms with Crippen LogP contribution in [-0.4, -0.2) is 43.3 Å². The molecule has 5 rings (SSSR count). The summed E-state index contributed by atoms with van der Waals surface area (Å²) in [6, 6.07) is 10.5. The molecule has 0 aromatic heterocycles. The number of allylic oxidation sites excluding steroid dienone is 4. The maximum atomic E-state index is 14.1. The van der Waals surface area contributed by atoms with Crippen molar-refractivity contribution in [1.82, 2.24) is 4.90 Å². The standard InChI is InChI=1S/C37H46INO5/c1-9-43-31-16-25(15-26(38)35(31)44-21-24-11-10-22(2)23(3)14-24)32-33-27(17-36(4,5)19-29(33)40)39(12-13-42-8)28-18-37(6,7)20-30(41)34(28)32/h10-11,14-16,32H,9,12-13,17-21H2,1-8H3. The summed E-state index contributed by atoms with van der Waals surface area (Å²) in [5.41, 5.74) is 7.73. The highest BCUT2D eigenvalue weighted by Gasteiger charge is 2.49. The molecular formula is C37H46INO5. The Morgan fingerprint density at radius 2 is 1.48 bits per heavy atom. The van der Waals surface area contributed by atoms with E-state index < -0.39 is 5.92 Å². The normalized spacial score (nSPS) is 19.7. The van der Waals surface area contributed by atoms with E-state index in [1.54, 1.807) is 7.11 Å². The van der Waals surface area contributed by atoms with Crippen LogP contribution in [0.4, 0.5) is 0 Å². The first-order chi connectivity index (χ1) is 20.7. The van der Waals surface area contributed by atoms with E-state index >= 15 is 0 Å². The Labute approximate surface area is 276 Å². The van der Waals surface area contributed by atoms with Crippen molar-refractivity contribution in [1.29, 1.82) is 0 Å². The number of rotatable bonds is 9. The lowest BCUT2D eigenvalue weighted by atomic mass is 9.63.